The van der Waals surface area contributed by atoms with Crippen LogP contribution in [0.15, 0.2) is 35.1 Å². The summed E-state index contributed by atoms with van der Waals surface area (Å²) >= 11 is 5.10. The molecule has 0 saturated heterocycles. The van der Waals surface area contributed by atoms with Gasteiger partial charge in [-0.05, 0) is 24.4 Å². The molecule has 0 fully saturated rings. The minimum atomic E-state index is -0.119. The molecular formula is C13H14N4OS. The molecule has 6 heteroatoms. The first-order valence-electron chi connectivity index (χ1n) is 6.03. The highest BCUT2D eigenvalue weighted by Crippen LogP contribution is 2.23. The number of fused-ring (bicyclic) bond motifs is 1. The molecule has 0 bridgehead atoms. The maximum absolute atomic E-state index is 12.0. The van der Waals surface area contributed by atoms with Crippen LogP contribution in [0, 0.1) is 4.77 Å². The third-order valence-electron chi connectivity index (χ3n) is 3.33. The van der Waals surface area contributed by atoms with E-state index in [1.807, 2.05) is 37.4 Å². The van der Waals surface area contributed by atoms with Crippen molar-refractivity contribution in [1.29, 1.82) is 0 Å². The maximum Gasteiger partial charge on any atom is 0.258 e. The highest BCUT2D eigenvalue weighted by atomic mass is 32.1. The molecule has 0 atom stereocenters. The fourth-order valence-electron chi connectivity index (χ4n) is 2.28. The smallest absolute Gasteiger partial charge is 0.258 e. The Balaban J connectivity index is 2.04. The summed E-state index contributed by atoms with van der Waals surface area (Å²) in [5.74, 6) is 0.806. The zero-order valence-corrected chi connectivity index (χ0v) is 11.3. The second-order valence-corrected chi connectivity index (χ2v) is 4.90. The van der Waals surface area contributed by atoms with Crippen molar-refractivity contribution >= 4 is 23.7 Å². The molecular weight excluding hydrogens is 260 g/mol. The van der Waals surface area contributed by atoms with E-state index in [-0.39, 0.29) is 5.56 Å². The van der Waals surface area contributed by atoms with Crippen LogP contribution in [0.4, 0.5) is 11.5 Å². The van der Waals surface area contributed by atoms with Gasteiger partial charge in [-0.15, -0.1) is 0 Å². The largest absolute Gasteiger partial charge is 0.354 e. The molecule has 1 aromatic heterocycles. The van der Waals surface area contributed by atoms with Crippen LogP contribution in [-0.4, -0.2) is 16.2 Å². The van der Waals surface area contributed by atoms with Crippen LogP contribution in [0.1, 0.15) is 5.56 Å². The van der Waals surface area contributed by atoms with Crippen molar-refractivity contribution in [3.8, 4) is 0 Å². The predicted molar refractivity (Wildman–Crippen MR) is 78.0 cm³/mol. The molecule has 0 amide bonds. The third kappa shape index (κ3) is 2.04. The van der Waals surface area contributed by atoms with Crippen molar-refractivity contribution in [2.75, 3.05) is 16.9 Å². The van der Waals surface area contributed by atoms with E-state index in [9.17, 15) is 4.79 Å². The summed E-state index contributed by atoms with van der Waals surface area (Å²) in [6.07, 6.45) is 0. The van der Waals surface area contributed by atoms with Crippen LogP contribution in [-0.2, 0) is 13.6 Å². The molecule has 0 saturated carbocycles. The lowest BCUT2D eigenvalue weighted by Crippen LogP contribution is -2.39. The van der Waals surface area contributed by atoms with E-state index in [2.05, 4.69) is 15.2 Å². The fourth-order valence-corrected chi connectivity index (χ4v) is 2.46. The number of hydrogen-bond donors (Lipinski definition) is 2. The van der Waals surface area contributed by atoms with Crippen molar-refractivity contribution in [3.63, 3.8) is 0 Å². The normalized spacial score (nSPS) is 13.8. The minimum absolute atomic E-state index is 0.119. The number of nitrogens with one attached hydrogen (secondary N) is 2. The molecule has 0 spiro atoms. The van der Waals surface area contributed by atoms with Gasteiger partial charge in [0.2, 0.25) is 0 Å². The molecule has 2 aromatic rings. The Morgan fingerprint density at radius 2 is 2.00 bits per heavy atom. The Labute approximate surface area is 115 Å². The Kier molecular flexibility index (Phi) is 2.87. The Bertz CT molecular complexity index is 720. The van der Waals surface area contributed by atoms with E-state index in [1.165, 1.54) is 0 Å². The molecule has 0 aliphatic carbocycles. The monoisotopic (exact) mass is 274 g/mol. The number of benzene rings is 1. The Hall–Kier alpha value is -2.08. The minimum Gasteiger partial charge on any atom is -0.354 e. The zero-order chi connectivity index (χ0) is 13.4. The molecule has 0 unspecified atom stereocenters. The van der Waals surface area contributed by atoms with Gasteiger partial charge in [0.1, 0.15) is 5.82 Å². The molecule has 1 aliphatic heterocycles. The first-order chi connectivity index (χ1) is 9.16. The second kappa shape index (κ2) is 4.55. The van der Waals surface area contributed by atoms with E-state index < -0.39 is 0 Å². The lowest BCUT2D eigenvalue weighted by Gasteiger charge is -2.32. The average Bonchev–Trinajstić information content (AvgIpc) is 2.45. The number of hydrogen-bond acceptors (Lipinski definition) is 4. The van der Waals surface area contributed by atoms with E-state index in [4.69, 9.17) is 12.2 Å². The number of H-pyrrole nitrogens is 1. The zero-order valence-electron chi connectivity index (χ0n) is 10.5. The van der Waals surface area contributed by atoms with Crippen LogP contribution in [0.25, 0.3) is 0 Å². The van der Waals surface area contributed by atoms with Gasteiger partial charge in [-0.3, -0.25) is 9.78 Å². The van der Waals surface area contributed by atoms with Gasteiger partial charge in [0.25, 0.3) is 5.56 Å². The average molecular weight is 274 g/mol. The molecule has 0 radical (unpaired) electrons. The first-order valence-corrected chi connectivity index (χ1v) is 6.43. The highest BCUT2D eigenvalue weighted by molar-refractivity contribution is 7.71. The summed E-state index contributed by atoms with van der Waals surface area (Å²) in [6.45, 7) is 1.23. The highest BCUT2D eigenvalue weighted by Gasteiger charge is 2.20. The molecule has 2 N–H and O–H groups in total. The van der Waals surface area contributed by atoms with Crippen LogP contribution < -0.4 is 15.8 Å². The summed E-state index contributed by atoms with van der Waals surface area (Å²) < 4.78 is 2.23. The van der Waals surface area contributed by atoms with E-state index in [0.717, 1.165) is 11.5 Å². The van der Waals surface area contributed by atoms with Gasteiger partial charge in [0.15, 0.2) is 4.77 Å². The lowest BCUT2D eigenvalue weighted by molar-refractivity contribution is 0.730. The van der Waals surface area contributed by atoms with Crippen molar-refractivity contribution in [2.24, 2.45) is 7.05 Å². The van der Waals surface area contributed by atoms with Crippen LogP contribution in [0.5, 0.6) is 0 Å². The summed E-state index contributed by atoms with van der Waals surface area (Å²) in [5.41, 5.74) is 1.68. The van der Waals surface area contributed by atoms with Gasteiger partial charge >= 0.3 is 0 Å². The Morgan fingerprint density at radius 1 is 1.26 bits per heavy atom. The van der Waals surface area contributed by atoms with Gasteiger partial charge in [0.05, 0.1) is 18.8 Å². The van der Waals surface area contributed by atoms with Gasteiger partial charge < -0.3 is 14.8 Å². The van der Waals surface area contributed by atoms with E-state index in [0.29, 0.717) is 23.5 Å². The summed E-state index contributed by atoms with van der Waals surface area (Å²) in [7, 11) is 1.85. The topological polar surface area (TPSA) is 53.1 Å². The number of aromatic nitrogens is 2. The van der Waals surface area contributed by atoms with Crippen molar-refractivity contribution in [1.82, 2.24) is 9.55 Å². The first kappa shape index (κ1) is 12.0. The standard InChI is InChI=1S/C13H14N4OS/c1-16-11-10(12(18)15-13(16)19)7-17(8-14-11)9-5-3-2-4-6-9/h2-6,14H,7-8H2,1H3,(H,15,18,19). The lowest BCUT2D eigenvalue weighted by atomic mass is 10.2. The molecule has 98 valence electrons. The second-order valence-electron chi connectivity index (χ2n) is 4.51. The Morgan fingerprint density at radius 3 is 2.74 bits per heavy atom. The van der Waals surface area contributed by atoms with Crippen LogP contribution >= 0.6 is 12.2 Å². The number of anilines is 2. The van der Waals surface area contributed by atoms with Gasteiger partial charge in [-0.1, -0.05) is 18.2 Å². The molecule has 2 heterocycles. The predicted octanol–water partition coefficient (Wildman–Crippen LogP) is 1.83. The molecule has 1 aromatic carbocycles. The third-order valence-corrected chi connectivity index (χ3v) is 3.70. The molecule has 19 heavy (non-hydrogen) atoms. The van der Waals surface area contributed by atoms with Crippen molar-refractivity contribution < 1.29 is 0 Å². The number of para-hydroxylation sites is 1. The molecule has 3 rings (SSSR count). The quantitative estimate of drug-likeness (QED) is 0.779. The summed E-state index contributed by atoms with van der Waals surface area (Å²) in [6, 6.07) is 10.0. The number of nitrogens with zero attached hydrogens (tertiary/aromatic N) is 2. The number of rotatable bonds is 1. The van der Waals surface area contributed by atoms with Crippen LogP contribution in [0.3, 0.4) is 0 Å². The van der Waals surface area contributed by atoms with Gasteiger partial charge in [0, 0.05) is 12.7 Å². The van der Waals surface area contributed by atoms with E-state index in [1.54, 1.807) is 4.57 Å². The van der Waals surface area contributed by atoms with Crippen molar-refractivity contribution in [2.45, 2.75) is 6.54 Å². The SMILES string of the molecule is Cn1c2c(c(=O)[nH]c1=S)CN(c1ccccc1)CN2. The van der Waals surface area contributed by atoms with E-state index >= 15 is 0 Å². The molecule has 1 aliphatic rings. The van der Waals surface area contributed by atoms with Gasteiger partial charge in [-0.25, -0.2) is 0 Å². The summed E-state index contributed by atoms with van der Waals surface area (Å²) in [5, 5.41) is 3.26. The van der Waals surface area contributed by atoms with Crippen molar-refractivity contribution in [3.05, 3.63) is 51.0 Å². The molecule has 5 nitrogen and oxygen atoms in total. The number of aromatic amines is 1. The summed E-state index contributed by atoms with van der Waals surface area (Å²) in [4.78, 5) is 16.8. The van der Waals surface area contributed by atoms with Gasteiger partial charge in [-0.2, -0.15) is 0 Å². The van der Waals surface area contributed by atoms with Crippen LogP contribution in [0.2, 0.25) is 0 Å². The fraction of sp³-hybridized carbons (Fsp3) is 0.231. The maximum atomic E-state index is 12.0.